The van der Waals surface area contributed by atoms with Gasteiger partial charge in [0.15, 0.2) is 29.1 Å². The monoisotopic (exact) mass is 472 g/mol. The number of methoxy groups -OCH3 is 2. The van der Waals surface area contributed by atoms with Crippen LogP contribution in [0.3, 0.4) is 0 Å². The highest BCUT2D eigenvalue weighted by molar-refractivity contribution is 6.33. The van der Waals surface area contributed by atoms with Crippen molar-refractivity contribution in [3.05, 3.63) is 64.1 Å². The summed E-state index contributed by atoms with van der Waals surface area (Å²) in [6, 6.07) is 10.4. The first-order chi connectivity index (χ1) is 15.7. The number of aryl methyl sites for hydroxylation is 2. The van der Waals surface area contributed by atoms with Crippen molar-refractivity contribution >= 4 is 23.5 Å². The summed E-state index contributed by atoms with van der Waals surface area (Å²) in [5.74, 6) is 0.275. The summed E-state index contributed by atoms with van der Waals surface area (Å²) in [6.07, 6.45) is -1.06. The number of rotatable bonds is 8. The number of ether oxygens (including phenoxy) is 3. The molecule has 0 saturated heterocycles. The summed E-state index contributed by atoms with van der Waals surface area (Å²) in [7, 11) is 3.08. The smallest absolute Gasteiger partial charge is 0.359 e. The molecule has 0 fully saturated rings. The zero-order chi connectivity index (χ0) is 24.1. The Morgan fingerprint density at radius 1 is 1.09 bits per heavy atom. The van der Waals surface area contributed by atoms with E-state index in [9.17, 15) is 9.59 Å². The molecule has 0 aliphatic rings. The number of nitrogens with zero attached hydrogens (tertiary/aromatic N) is 3. The molecule has 2 heterocycles. The molecule has 0 spiro atoms. The summed E-state index contributed by atoms with van der Waals surface area (Å²) >= 11 is 6.17. The summed E-state index contributed by atoms with van der Waals surface area (Å²) in [4.78, 5) is 29.4. The number of amides is 1. The Morgan fingerprint density at radius 3 is 2.45 bits per heavy atom. The van der Waals surface area contributed by atoms with Crippen molar-refractivity contribution in [3.63, 3.8) is 0 Å². The molecular formula is C23H25ClN4O5. The van der Waals surface area contributed by atoms with Crippen LogP contribution in [0.4, 0.5) is 0 Å². The van der Waals surface area contributed by atoms with Gasteiger partial charge in [-0.25, -0.2) is 14.5 Å². The van der Waals surface area contributed by atoms with Gasteiger partial charge in [-0.05, 0) is 56.7 Å². The lowest BCUT2D eigenvalue weighted by atomic mass is 10.2. The largest absolute Gasteiger partial charge is 0.493 e. The number of benzene rings is 1. The molecule has 1 atom stereocenters. The number of esters is 1. The van der Waals surface area contributed by atoms with Crippen LogP contribution in [-0.2, 0) is 16.1 Å². The Balaban J connectivity index is 1.66. The normalized spacial score (nSPS) is 11.6. The van der Waals surface area contributed by atoms with Crippen molar-refractivity contribution in [2.24, 2.45) is 0 Å². The van der Waals surface area contributed by atoms with E-state index in [0.717, 1.165) is 17.0 Å². The highest BCUT2D eigenvalue weighted by Crippen LogP contribution is 2.27. The number of hydrogen-bond donors (Lipinski definition) is 1. The lowest BCUT2D eigenvalue weighted by Gasteiger charge is -2.15. The van der Waals surface area contributed by atoms with E-state index >= 15 is 0 Å². The molecular weight excluding hydrogens is 448 g/mol. The molecule has 1 aromatic carbocycles. The third-order valence-electron chi connectivity index (χ3n) is 4.82. The van der Waals surface area contributed by atoms with Crippen molar-refractivity contribution in [1.82, 2.24) is 20.1 Å². The number of carbonyl (C=O) groups is 2. The van der Waals surface area contributed by atoms with Crippen molar-refractivity contribution in [2.45, 2.75) is 33.4 Å². The van der Waals surface area contributed by atoms with Crippen LogP contribution >= 0.6 is 11.6 Å². The first kappa shape index (κ1) is 24.1. The van der Waals surface area contributed by atoms with E-state index in [-0.39, 0.29) is 17.3 Å². The number of hydrogen-bond acceptors (Lipinski definition) is 7. The van der Waals surface area contributed by atoms with E-state index in [1.165, 1.54) is 14.0 Å². The van der Waals surface area contributed by atoms with Crippen LogP contribution in [0.5, 0.6) is 11.5 Å². The second kappa shape index (κ2) is 10.4. The Bertz CT molecular complexity index is 1180. The molecule has 0 radical (unpaired) electrons. The van der Waals surface area contributed by atoms with Gasteiger partial charge in [-0.15, -0.1) is 0 Å². The van der Waals surface area contributed by atoms with Crippen molar-refractivity contribution < 1.29 is 23.8 Å². The standard InChI is InChI=1S/C23H25ClN4O5/c1-13-10-14(2)28(27-13)20-9-7-17(24)21(26-20)23(30)33-15(3)22(29)25-12-16-6-8-18(31-4)19(11-16)32-5/h6-11,15H,12H2,1-5H3,(H,25,29). The molecule has 0 aliphatic heterocycles. The lowest BCUT2D eigenvalue weighted by Crippen LogP contribution is -2.35. The summed E-state index contributed by atoms with van der Waals surface area (Å²) in [6.45, 7) is 5.42. The maximum Gasteiger partial charge on any atom is 0.359 e. The summed E-state index contributed by atoms with van der Waals surface area (Å²) in [5, 5.41) is 7.19. The minimum absolute atomic E-state index is 0.0961. The van der Waals surface area contributed by atoms with E-state index in [2.05, 4.69) is 15.4 Å². The van der Waals surface area contributed by atoms with Crippen molar-refractivity contribution in [1.29, 1.82) is 0 Å². The van der Waals surface area contributed by atoms with Gasteiger partial charge < -0.3 is 19.5 Å². The van der Waals surface area contributed by atoms with E-state index in [4.69, 9.17) is 25.8 Å². The maximum absolute atomic E-state index is 12.7. The first-order valence-electron chi connectivity index (χ1n) is 10.1. The molecule has 2 aromatic heterocycles. The molecule has 3 rings (SSSR count). The number of carbonyl (C=O) groups excluding carboxylic acids is 2. The SMILES string of the molecule is COc1ccc(CNC(=O)C(C)OC(=O)c2nc(-n3nc(C)cc3C)ccc2Cl)cc1OC. The molecule has 1 N–H and O–H groups in total. The van der Waals surface area contributed by atoms with Crippen LogP contribution in [0.25, 0.3) is 5.82 Å². The van der Waals surface area contributed by atoms with Gasteiger partial charge in [-0.2, -0.15) is 5.10 Å². The minimum Gasteiger partial charge on any atom is -0.493 e. The predicted octanol–water partition coefficient (Wildman–Crippen LogP) is 3.42. The third-order valence-corrected chi connectivity index (χ3v) is 5.12. The number of halogens is 1. The average molecular weight is 473 g/mol. The number of aromatic nitrogens is 3. The zero-order valence-electron chi connectivity index (χ0n) is 19.0. The molecule has 10 heteroatoms. The molecule has 0 bridgehead atoms. The Kier molecular flexibility index (Phi) is 7.55. The summed E-state index contributed by atoms with van der Waals surface area (Å²) in [5.41, 5.74) is 2.36. The molecule has 1 unspecified atom stereocenters. The van der Waals surface area contributed by atoms with Crippen LogP contribution in [0, 0.1) is 13.8 Å². The van der Waals surface area contributed by atoms with E-state index in [1.54, 1.807) is 42.1 Å². The maximum atomic E-state index is 12.7. The number of pyridine rings is 1. The highest BCUT2D eigenvalue weighted by atomic mass is 35.5. The van der Waals surface area contributed by atoms with E-state index < -0.39 is 18.0 Å². The van der Waals surface area contributed by atoms with Gasteiger partial charge in [0.25, 0.3) is 5.91 Å². The third kappa shape index (κ3) is 5.61. The molecule has 33 heavy (non-hydrogen) atoms. The quantitative estimate of drug-likeness (QED) is 0.501. The molecule has 174 valence electrons. The Morgan fingerprint density at radius 2 is 1.82 bits per heavy atom. The van der Waals surface area contributed by atoms with Gasteiger partial charge in [0.1, 0.15) is 0 Å². The van der Waals surface area contributed by atoms with Gasteiger partial charge >= 0.3 is 5.97 Å². The topological polar surface area (TPSA) is 105 Å². The second-order valence-electron chi connectivity index (χ2n) is 7.29. The van der Waals surface area contributed by atoms with Crippen LogP contribution in [0.15, 0.2) is 36.4 Å². The van der Waals surface area contributed by atoms with Gasteiger partial charge in [0.05, 0.1) is 24.9 Å². The van der Waals surface area contributed by atoms with Gasteiger partial charge in [0, 0.05) is 12.2 Å². The van der Waals surface area contributed by atoms with Crippen molar-refractivity contribution in [3.8, 4) is 17.3 Å². The molecule has 0 saturated carbocycles. The molecule has 3 aromatic rings. The Labute approximate surface area is 196 Å². The lowest BCUT2D eigenvalue weighted by molar-refractivity contribution is -0.129. The summed E-state index contributed by atoms with van der Waals surface area (Å²) < 4.78 is 17.4. The van der Waals surface area contributed by atoms with E-state index in [0.29, 0.717) is 17.3 Å². The van der Waals surface area contributed by atoms with E-state index in [1.807, 2.05) is 19.9 Å². The molecule has 0 aliphatic carbocycles. The number of nitrogens with one attached hydrogen (secondary N) is 1. The van der Waals surface area contributed by atoms with Crippen molar-refractivity contribution in [2.75, 3.05) is 14.2 Å². The van der Waals surface area contributed by atoms with Crippen LogP contribution in [-0.4, -0.2) is 47.0 Å². The fraction of sp³-hybridized carbons (Fsp3) is 0.304. The fourth-order valence-corrected chi connectivity index (χ4v) is 3.33. The first-order valence-corrected chi connectivity index (χ1v) is 10.5. The molecule has 9 nitrogen and oxygen atoms in total. The minimum atomic E-state index is -1.06. The Hall–Kier alpha value is -3.59. The predicted molar refractivity (Wildman–Crippen MR) is 122 cm³/mol. The molecule has 1 amide bonds. The zero-order valence-corrected chi connectivity index (χ0v) is 19.8. The second-order valence-corrected chi connectivity index (χ2v) is 7.70. The van der Waals surface area contributed by atoms with Crippen LogP contribution in [0.2, 0.25) is 5.02 Å². The van der Waals surface area contributed by atoms with Crippen LogP contribution in [0.1, 0.15) is 34.4 Å². The average Bonchev–Trinajstić information content (AvgIpc) is 3.14. The highest BCUT2D eigenvalue weighted by Gasteiger charge is 2.23. The van der Waals surface area contributed by atoms with Crippen LogP contribution < -0.4 is 14.8 Å². The van der Waals surface area contributed by atoms with Gasteiger partial charge in [-0.1, -0.05) is 17.7 Å². The van der Waals surface area contributed by atoms with Gasteiger partial charge in [-0.3, -0.25) is 4.79 Å². The fourth-order valence-electron chi connectivity index (χ4n) is 3.15. The van der Waals surface area contributed by atoms with Gasteiger partial charge in [0.2, 0.25) is 0 Å².